The summed E-state index contributed by atoms with van der Waals surface area (Å²) in [6, 6.07) is 7.24. The number of hydrogen-bond donors (Lipinski definition) is 0. The Hall–Kier alpha value is -3.34. The number of piperidine rings is 2. The number of halogens is 3. The van der Waals surface area contributed by atoms with Crippen LogP contribution in [0.3, 0.4) is 0 Å². The van der Waals surface area contributed by atoms with Crippen molar-refractivity contribution in [2.75, 3.05) is 33.9 Å². The van der Waals surface area contributed by atoms with Gasteiger partial charge in [0.05, 0.1) is 26.5 Å². The predicted octanol–water partition coefficient (Wildman–Crippen LogP) is 4.85. The molecule has 37 heavy (non-hydrogen) atoms. The van der Waals surface area contributed by atoms with Crippen molar-refractivity contribution in [1.82, 2.24) is 19.5 Å². The van der Waals surface area contributed by atoms with Gasteiger partial charge in [-0.3, -0.25) is 4.90 Å². The van der Waals surface area contributed by atoms with Gasteiger partial charge in [-0.05, 0) is 63.0 Å². The van der Waals surface area contributed by atoms with Crippen molar-refractivity contribution >= 4 is 11.6 Å². The fourth-order valence-corrected chi connectivity index (χ4v) is 5.45. The molecule has 0 bridgehead atoms. The van der Waals surface area contributed by atoms with Gasteiger partial charge in [0.25, 0.3) is 0 Å². The largest absolute Gasteiger partial charge is 0.493 e. The van der Waals surface area contributed by atoms with Crippen molar-refractivity contribution in [3.63, 3.8) is 0 Å². The maximum absolute atomic E-state index is 14.0. The Kier molecular flexibility index (Phi) is 6.98. The second-order valence-electron chi connectivity index (χ2n) is 9.49. The topological polar surface area (TPSA) is 78.2 Å². The molecule has 5 rings (SSSR count). The van der Waals surface area contributed by atoms with Crippen LogP contribution in [-0.4, -0.2) is 65.4 Å². The van der Waals surface area contributed by atoms with E-state index in [-0.39, 0.29) is 29.6 Å². The zero-order valence-electron chi connectivity index (χ0n) is 20.8. The second kappa shape index (κ2) is 10.2. The van der Waals surface area contributed by atoms with E-state index >= 15 is 0 Å². The fourth-order valence-electron chi connectivity index (χ4n) is 5.45. The average Bonchev–Trinajstić information content (AvgIpc) is 3.34. The van der Waals surface area contributed by atoms with Crippen LogP contribution in [0, 0.1) is 5.92 Å². The van der Waals surface area contributed by atoms with Crippen LogP contribution < -0.4 is 9.47 Å². The molecule has 198 valence electrons. The lowest BCUT2D eigenvalue weighted by Gasteiger charge is -2.44. The first kappa shape index (κ1) is 25.3. The maximum atomic E-state index is 14.0. The quantitative estimate of drug-likeness (QED) is 0.432. The highest BCUT2D eigenvalue weighted by molar-refractivity contribution is 5.88. The smallest absolute Gasteiger partial charge is 0.433 e. The highest BCUT2D eigenvalue weighted by Crippen LogP contribution is 2.36. The lowest BCUT2D eigenvalue weighted by Crippen LogP contribution is -2.49. The summed E-state index contributed by atoms with van der Waals surface area (Å²) in [7, 11) is 2.91. The van der Waals surface area contributed by atoms with E-state index in [1.54, 1.807) is 18.2 Å². The second-order valence-corrected chi connectivity index (χ2v) is 9.49. The van der Waals surface area contributed by atoms with E-state index < -0.39 is 17.8 Å². The van der Waals surface area contributed by atoms with Gasteiger partial charge >= 0.3 is 12.1 Å². The van der Waals surface area contributed by atoms with E-state index in [4.69, 9.17) is 14.2 Å². The molecule has 0 amide bonds. The first-order valence-corrected chi connectivity index (χ1v) is 12.4. The summed E-state index contributed by atoms with van der Waals surface area (Å²) >= 11 is 0. The van der Waals surface area contributed by atoms with Gasteiger partial charge in [-0.15, -0.1) is 0 Å². The van der Waals surface area contributed by atoms with Gasteiger partial charge in [-0.25, -0.2) is 14.3 Å². The number of nitrogens with zero attached hydrogens (tertiary/aromatic N) is 4. The Morgan fingerprint density at radius 1 is 1.03 bits per heavy atom. The van der Waals surface area contributed by atoms with E-state index in [1.165, 1.54) is 26.7 Å². The molecule has 0 radical (unpaired) electrons. The first-order chi connectivity index (χ1) is 17.8. The molecule has 1 aromatic carbocycles. The molecule has 3 aromatic rings. The average molecular weight is 519 g/mol. The van der Waals surface area contributed by atoms with Crippen LogP contribution >= 0.6 is 0 Å². The summed E-state index contributed by atoms with van der Waals surface area (Å²) in [5.74, 6) is 0.258. The Morgan fingerprint density at radius 2 is 1.81 bits per heavy atom. The van der Waals surface area contributed by atoms with Crippen molar-refractivity contribution in [2.45, 2.75) is 44.3 Å². The zero-order valence-corrected chi connectivity index (χ0v) is 20.8. The monoisotopic (exact) mass is 518 g/mol. The third-order valence-electron chi connectivity index (χ3n) is 7.26. The van der Waals surface area contributed by atoms with Gasteiger partial charge < -0.3 is 14.2 Å². The van der Waals surface area contributed by atoms with Crippen LogP contribution in [0.5, 0.6) is 11.5 Å². The van der Waals surface area contributed by atoms with Gasteiger partial charge in [0, 0.05) is 23.6 Å². The minimum Gasteiger partial charge on any atom is -0.493 e. The van der Waals surface area contributed by atoms with Crippen molar-refractivity contribution in [3.8, 4) is 22.8 Å². The van der Waals surface area contributed by atoms with Gasteiger partial charge in [0.2, 0.25) is 0 Å². The predicted molar refractivity (Wildman–Crippen MR) is 129 cm³/mol. The number of ether oxygens (including phenoxy) is 3. The molecule has 0 N–H and O–H groups in total. The molecule has 0 aliphatic carbocycles. The van der Waals surface area contributed by atoms with E-state index in [9.17, 15) is 18.0 Å². The van der Waals surface area contributed by atoms with Crippen LogP contribution in [0.15, 0.2) is 30.3 Å². The third kappa shape index (κ3) is 5.09. The van der Waals surface area contributed by atoms with Crippen molar-refractivity contribution in [3.05, 3.63) is 41.7 Å². The number of rotatable bonds is 6. The van der Waals surface area contributed by atoms with Crippen molar-refractivity contribution in [1.29, 1.82) is 0 Å². The maximum Gasteiger partial charge on any atom is 0.433 e. The molecule has 11 heteroatoms. The Morgan fingerprint density at radius 3 is 2.57 bits per heavy atom. The molecule has 2 aromatic heterocycles. The van der Waals surface area contributed by atoms with Crippen LogP contribution in [0.2, 0.25) is 0 Å². The molecule has 2 saturated heterocycles. The number of methoxy groups -OCH3 is 2. The minimum absolute atomic E-state index is 0.0557. The standard InChI is InChI=1S/C26H29F3N4O4/c1-35-21-9-8-16(12-22(21)36-2)18-13-23(26(27,28)29)33-24(30-18)14-19(31-33)25(34)37-15-17-6-5-11-32-10-4-3-7-20(17)32/h8-9,12-14,17,20H,3-7,10-11,15H2,1-2H3/t17-,20+/m1/s1. The SMILES string of the molecule is COc1ccc(-c2cc(C(F)(F)F)n3nc(C(=O)OC[C@H]4CCCN5CCCC[C@@H]45)cc3n2)cc1OC. The Balaban J connectivity index is 1.42. The molecule has 2 aliphatic heterocycles. The summed E-state index contributed by atoms with van der Waals surface area (Å²) in [5.41, 5.74) is -0.918. The highest BCUT2D eigenvalue weighted by atomic mass is 19.4. The summed E-state index contributed by atoms with van der Waals surface area (Å²) in [6.07, 6.45) is 0.704. The number of alkyl halides is 3. The molecule has 4 heterocycles. The van der Waals surface area contributed by atoms with Crippen LogP contribution in [0.1, 0.15) is 48.3 Å². The number of aromatic nitrogens is 3. The van der Waals surface area contributed by atoms with Crippen LogP contribution in [0.4, 0.5) is 13.2 Å². The molecule has 2 aliphatic rings. The number of carbonyl (C=O) groups is 1. The Labute approximate surface area is 212 Å². The number of esters is 1. The van der Waals surface area contributed by atoms with Gasteiger partial charge in [0.15, 0.2) is 28.5 Å². The lowest BCUT2D eigenvalue weighted by molar-refractivity contribution is -0.142. The number of benzene rings is 1. The number of fused-ring (bicyclic) bond motifs is 2. The molecule has 0 spiro atoms. The molecular weight excluding hydrogens is 489 g/mol. The van der Waals surface area contributed by atoms with Gasteiger partial charge in [0.1, 0.15) is 0 Å². The van der Waals surface area contributed by atoms with Crippen LogP contribution in [0.25, 0.3) is 16.9 Å². The van der Waals surface area contributed by atoms with E-state index in [2.05, 4.69) is 15.0 Å². The molecule has 0 saturated carbocycles. The van der Waals surface area contributed by atoms with E-state index in [1.807, 2.05) is 0 Å². The third-order valence-corrected chi connectivity index (χ3v) is 7.26. The van der Waals surface area contributed by atoms with E-state index in [0.717, 1.165) is 44.8 Å². The van der Waals surface area contributed by atoms with Crippen molar-refractivity contribution < 1.29 is 32.2 Å². The molecule has 2 fully saturated rings. The van der Waals surface area contributed by atoms with Gasteiger partial charge in [-0.2, -0.15) is 18.3 Å². The first-order valence-electron chi connectivity index (χ1n) is 12.4. The summed E-state index contributed by atoms with van der Waals surface area (Å²) < 4.78 is 58.6. The van der Waals surface area contributed by atoms with Gasteiger partial charge in [-0.1, -0.05) is 6.42 Å². The number of hydrogen-bond acceptors (Lipinski definition) is 7. The molecule has 2 atom stereocenters. The summed E-state index contributed by atoms with van der Waals surface area (Å²) in [6.45, 7) is 2.36. The van der Waals surface area contributed by atoms with Crippen molar-refractivity contribution in [2.24, 2.45) is 5.92 Å². The highest BCUT2D eigenvalue weighted by Gasteiger charge is 2.37. The lowest BCUT2D eigenvalue weighted by atomic mass is 9.84. The summed E-state index contributed by atoms with van der Waals surface area (Å²) in [5, 5.41) is 3.92. The molecule has 0 unspecified atom stereocenters. The zero-order chi connectivity index (χ0) is 26.2. The minimum atomic E-state index is -4.73. The number of carbonyl (C=O) groups excluding carboxylic acids is 1. The molecule has 8 nitrogen and oxygen atoms in total. The summed E-state index contributed by atoms with van der Waals surface area (Å²) in [4.78, 5) is 19.6. The van der Waals surface area contributed by atoms with Crippen LogP contribution in [-0.2, 0) is 10.9 Å². The fraction of sp³-hybridized carbons (Fsp3) is 0.500. The molecular formula is C26H29F3N4O4. The Bertz CT molecular complexity index is 1290. The normalized spacial score (nSPS) is 20.5. The van der Waals surface area contributed by atoms with E-state index in [0.29, 0.717) is 27.6 Å².